The minimum absolute atomic E-state index is 0. The predicted molar refractivity (Wildman–Crippen MR) is 257 cm³/mol. The summed E-state index contributed by atoms with van der Waals surface area (Å²) >= 11 is 0. The van der Waals surface area contributed by atoms with Gasteiger partial charge in [0.2, 0.25) is 0 Å². The third kappa shape index (κ3) is 11.0. The van der Waals surface area contributed by atoms with E-state index in [1.54, 1.807) is 19.1 Å². The van der Waals surface area contributed by atoms with E-state index >= 15 is 0 Å². The van der Waals surface area contributed by atoms with Gasteiger partial charge in [-0.1, -0.05) is 122 Å². The summed E-state index contributed by atoms with van der Waals surface area (Å²) < 4.78 is 28.6. The van der Waals surface area contributed by atoms with Gasteiger partial charge in [0.25, 0.3) is 0 Å². The van der Waals surface area contributed by atoms with Crippen LogP contribution in [-0.4, -0.2) is 17.0 Å². The van der Waals surface area contributed by atoms with E-state index in [1.165, 1.54) is 51.1 Å². The van der Waals surface area contributed by atoms with Crippen LogP contribution in [0.1, 0.15) is 132 Å². The van der Waals surface area contributed by atoms with Crippen molar-refractivity contribution in [2.24, 2.45) is 23.7 Å². The summed E-state index contributed by atoms with van der Waals surface area (Å²) in [6, 6.07) is 40.5. The van der Waals surface area contributed by atoms with Crippen molar-refractivity contribution in [3.63, 3.8) is 0 Å². The number of aliphatic carboxylic acids is 2. The van der Waals surface area contributed by atoms with Crippen LogP contribution < -0.4 is 34.7 Å². The number of carbonyl (C=O) groups is 2. The number of carboxylic acids is 2. The Morgan fingerprint density at radius 3 is 1.31 bits per heavy atom. The molecule has 4 aliphatic carbocycles. The van der Waals surface area contributed by atoms with Gasteiger partial charge >= 0.3 is 35.5 Å². The molecule has 1 N–H and O–H groups in total. The minimum atomic E-state index is -0.951. The average Bonchev–Trinajstić information content (AvgIpc) is 4.28. The number of carboxylic acid groups (broad SMARTS) is 2. The number of carbonyl (C=O) groups excluding carboxylic acids is 1. The average molecular weight is 907 g/mol. The predicted octanol–water partition coefficient (Wildman–Crippen LogP) is 10.2. The van der Waals surface area contributed by atoms with Gasteiger partial charge in [-0.25, -0.2) is 8.78 Å². The van der Waals surface area contributed by atoms with Gasteiger partial charge in [-0.2, -0.15) is 0 Å². The Bertz CT molecular complexity index is 2550. The summed E-state index contributed by atoms with van der Waals surface area (Å²) in [5, 5.41) is 21.2. The fourth-order valence-electron chi connectivity index (χ4n) is 11.3. The number of hydrogen-bond donors (Lipinski definition) is 1. The monoisotopic (exact) mass is 906 g/mol. The van der Waals surface area contributed by atoms with Crippen molar-refractivity contribution in [2.45, 2.75) is 116 Å². The van der Waals surface area contributed by atoms with Crippen LogP contribution in [0.3, 0.4) is 0 Å². The Morgan fingerprint density at radius 1 is 0.537 bits per heavy atom. The molecule has 0 spiro atoms. The molecular weight excluding hydrogens is 846 g/mol. The normalized spacial score (nSPS) is 19.3. The molecule has 4 aliphatic rings. The zero-order chi connectivity index (χ0) is 46.2. The molecule has 0 aliphatic heterocycles. The molecule has 2 unspecified atom stereocenters. The first-order chi connectivity index (χ1) is 31.8. The first-order valence-corrected chi connectivity index (χ1v) is 24.2. The van der Waals surface area contributed by atoms with Gasteiger partial charge < -0.3 is 15.0 Å². The van der Waals surface area contributed by atoms with E-state index in [0.29, 0.717) is 34.8 Å². The third-order valence-corrected chi connectivity index (χ3v) is 15.4. The maximum Gasteiger partial charge on any atom is 1.00 e. The third-order valence-electron chi connectivity index (χ3n) is 15.4. The molecule has 4 nitrogen and oxygen atoms in total. The summed E-state index contributed by atoms with van der Waals surface area (Å²) in [6.45, 7) is 7.61. The van der Waals surface area contributed by atoms with Crippen LogP contribution in [-0.2, 0) is 35.3 Å². The van der Waals surface area contributed by atoms with Gasteiger partial charge in [0.05, 0.1) is 5.92 Å². The summed E-state index contributed by atoms with van der Waals surface area (Å²) in [7, 11) is 0. The molecule has 2 saturated carbocycles. The molecule has 0 amide bonds. The maximum atomic E-state index is 14.3. The van der Waals surface area contributed by atoms with Crippen molar-refractivity contribution < 1.29 is 58.1 Å². The van der Waals surface area contributed by atoms with E-state index in [9.17, 15) is 28.6 Å². The van der Waals surface area contributed by atoms with Crippen LogP contribution in [0, 0.1) is 49.2 Å². The maximum absolute atomic E-state index is 14.3. The van der Waals surface area contributed by atoms with E-state index in [0.717, 1.165) is 92.0 Å². The Kier molecular flexibility index (Phi) is 15.1. The van der Waals surface area contributed by atoms with Crippen molar-refractivity contribution in [1.82, 2.24) is 0 Å². The Labute approximate surface area is 417 Å². The number of benzene rings is 6. The molecule has 7 heteroatoms. The fourth-order valence-corrected chi connectivity index (χ4v) is 11.3. The summed E-state index contributed by atoms with van der Waals surface area (Å²) in [4.78, 5) is 23.3. The quantitative estimate of drug-likeness (QED) is 0.124. The number of rotatable bonds is 12. The van der Waals surface area contributed by atoms with Crippen molar-refractivity contribution in [3.8, 4) is 22.3 Å². The molecule has 2 fully saturated rings. The molecule has 10 rings (SSSR count). The number of hydrogen-bond acceptors (Lipinski definition) is 3. The van der Waals surface area contributed by atoms with Crippen LogP contribution in [0.4, 0.5) is 8.78 Å². The standard InChI is InChI=1S/2C30H31FO2.Na/c2*1-18-3-14-28(31)27(15-18)22-8-4-20(5-9-22)24-12-6-21-7-13-25(17-26(21)16-24)29(23-10-11-23)19(2)30(32)33;/h2*3-5,7-9,13-15,17,19,23-24,29H,6,10-12,16H2,1-2H3,(H,32,33);/q;;+1/p-1/t2*19-,24?,29-;/m00./s1. The zero-order valence-corrected chi connectivity index (χ0v) is 41.7. The van der Waals surface area contributed by atoms with Crippen molar-refractivity contribution in [1.29, 1.82) is 0 Å². The topological polar surface area (TPSA) is 77.4 Å². The van der Waals surface area contributed by atoms with Gasteiger partial charge in [0.15, 0.2) is 0 Å². The molecule has 0 bridgehead atoms. The largest absolute Gasteiger partial charge is 1.00 e. The Morgan fingerprint density at radius 2 is 0.940 bits per heavy atom. The molecule has 0 saturated heterocycles. The van der Waals surface area contributed by atoms with E-state index in [4.69, 9.17) is 0 Å². The molecule has 340 valence electrons. The first-order valence-electron chi connectivity index (χ1n) is 24.2. The van der Waals surface area contributed by atoms with Gasteiger partial charge in [-0.15, -0.1) is 0 Å². The van der Waals surface area contributed by atoms with Crippen LogP contribution >= 0.6 is 0 Å². The van der Waals surface area contributed by atoms with Crippen molar-refractivity contribution >= 4 is 11.9 Å². The van der Waals surface area contributed by atoms with Crippen LogP contribution in [0.2, 0.25) is 0 Å². The van der Waals surface area contributed by atoms with Crippen molar-refractivity contribution in [2.75, 3.05) is 0 Å². The smallest absolute Gasteiger partial charge is 0.550 e. The molecule has 67 heavy (non-hydrogen) atoms. The van der Waals surface area contributed by atoms with Gasteiger partial charge in [-0.05, 0) is 193 Å². The number of aryl methyl sites for hydroxylation is 4. The Hall–Kier alpha value is -4.88. The van der Waals surface area contributed by atoms with E-state index in [-0.39, 0.29) is 58.9 Å². The molecular formula is C60H61F2NaO4. The number of fused-ring (bicyclic) bond motifs is 2. The summed E-state index contributed by atoms with van der Waals surface area (Å²) in [5.74, 6) is -0.887. The van der Waals surface area contributed by atoms with Gasteiger partial charge in [0, 0.05) is 23.0 Å². The molecule has 0 heterocycles. The SMILES string of the molecule is Cc1ccc(F)c(-c2ccc(C3CCc4ccc([C@H](C5CC5)[C@H](C)C(=O)O)cc4C3)cc2)c1.Cc1ccc(F)c(-c2ccc(C3CCc4ccc([C@H](C5CC5)[C@H](C)C(=O)[O-])cc4C3)cc2)c1.[Na+]. The molecule has 6 aromatic carbocycles. The second-order valence-electron chi connectivity index (χ2n) is 20.1. The van der Waals surface area contributed by atoms with E-state index < -0.39 is 17.9 Å². The van der Waals surface area contributed by atoms with E-state index in [1.807, 2.05) is 57.2 Å². The minimum Gasteiger partial charge on any atom is -0.550 e. The van der Waals surface area contributed by atoms with Crippen LogP contribution in [0.15, 0.2) is 121 Å². The molecule has 0 aromatic heterocycles. The van der Waals surface area contributed by atoms with Gasteiger partial charge in [0.1, 0.15) is 11.6 Å². The zero-order valence-electron chi connectivity index (χ0n) is 39.7. The molecule has 6 aromatic rings. The second kappa shape index (κ2) is 20.8. The molecule has 6 atom stereocenters. The van der Waals surface area contributed by atoms with E-state index in [2.05, 4.69) is 60.7 Å². The van der Waals surface area contributed by atoms with Crippen molar-refractivity contribution in [3.05, 3.63) is 189 Å². The first kappa shape index (κ1) is 48.6. The number of halogens is 2. The van der Waals surface area contributed by atoms with Crippen LogP contribution in [0.25, 0.3) is 22.3 Å². The second-order valence-corrected chi connectivity index (χ2v) is 20.1. The summed E-state index contributed by atoms with van der Waals surface area (Å²) in [6.07, 6.45) is 10.7. The van der Waals surface area contributed by atoms with Crippen LogP contribution in [0.5, 0.6) is 0 Å². The fraction of sp³-hybridized carbons (Fsp3) is 0.367. The molecule has 0 radical (unpaired) electrons. The summed E-state index contributed by atoms with van der Waals surface area (Å²) in [5.41, 5.74) is 15.6. The Balaban J connectivity index is 0.000000179. The van der Waals surface area contributed by atoms with Gasteiger partial charge in [-0.3, -0.25) is 4.79 Å².